The Bertz CT molecular complexity index is 485. The molecule has 84 valence electrons. The molecule has 1 N–H and O–H groups in total. The van der Waals surface area contributed by atoms with Crippen molar-refractivity contribution in [1.29, 1.82) is 0 Å². The lowest BCUT2D eigenvalue weighted by atomic mass is 10.1. The summed E-state index contributed by atoms with van der Waals surface area (Å²) >= 11 is 5.12. The van der Waals surface area contributed by atoms with Gasteiger partial charge in [0.05, 0.1) is 8.66 Å². The van der Waals surface area contributed by atoms with Crippen LogP contribution in [0.3, 0.4) is 0 Å². The molecule has 0 radical (unpaired) electrons. The van der Waals surface area contributed by atoms with E-state index in [9.17, 15) is 0 Å². The third-order valence-corrected chi connectivity index (χ3v) is 4.66. The van der Waals surface area contributed by atoms with Crippen molar-refractivity contribution in [2.75, 3.05) is 0 Å². The van der Waals surface area contributed by atoms with Crippen LogP contribution in [0.25, 0.3) is 10.7 Å². The van der Waals surface area contributed by atoms with Crippen molar-refractivity contribution < 1.29 is 0 Å². The van der Waals surface area contributed by atoms with E-state index < -0.39 is 0 Å². The molecule has 2 aromatic rings. The van der Waals surface area contributed by atoms with Crippen molar-refractivity contribution >= 4 is 27.3 Å². The van der Waals surface area contributed by atoms with Gasteiger partial charge >= 0.3 is 0 Å². The number of rotatable bonds is 2. The zero-order valence-electron chi connectivity index (χ0n) is 8.74. The number of nitrogens with zero attached hydrogens (tertiary/aromatic N) is 2. The van der Waals surface area contributed by atoms with Crippen LogP contribution in [0.1, 0.15) is 37.4 Å². The van der Waals surface area contributed by atoms with Crippen LogP contribution in [0, 0.1) is 0 Å². The minimum Gasteiger partial charge on any atom is -0.262 e. The van der Waals surface area contributed by atoms with Gasteiger partial charge in [0.2, 0.25) is 0 Å². The van der Waals surface area contributed by atoms with Gasteiger partial charge in [0, 0.05) is 5.92 Å². The molecule has 3 nitrogen and oxygen atoms in total. The van der Waals surface area contributed by atoms with Gasteiger partial charge in [-0.25, -0.2) is 4.98 Å². The Hall–Kier alpha value is -0.680. The van der Waals surface area contributed by atoms with Crippen LogP contribution in [-0.4, -0.2) is 15.2 Å². The molecule has 0 bridgehead atoms. The number of thiophene rings is 1. The molecule has 1 fully saturated rings. The standard InChI is InChI=1S/C11H12BrN3S/c12-9-6-5-8(16-9)11-13-10(14-15-11)7-3-1-2-4-7/h5-7H,1-4H2,(H,13,14,15). The van der Waals surface area contributed by atoms with Gasteiger partial charge in [-0.2, -0.15) is 5.10 Å². The molecule has 16 heavy (non-hydrogen) atoms. The van der Waals surface area contributed by atoms with E-state index in [0.29, 0.717) is 5.92 Å². The molecule has 5 heteroatoms. The van der Waals surface area contributed by atoms with E-state index >= 15 is 0 Å². The lowest BCUT2D eigenvalue weighted by Crippen LogP contribution is -1.94. The predicted molar refractivity (Wildman–Crippen MR) is 68.6 cm³/mol. The van der Waals surface area contributed by atoms with E-state index in [2.05, 4.69) is 37.2 Å². The Morgan fingerprint density at radius 1 is 1.31 bits per heavy atom. The molecule has 2 heterocycles. The fourth-order valence-electron chi connectivity index (χ4n) is 2.20. The minimum atomic E-state index is 0.602. The van der Waals surface area contributed by atoms with Gasteiger partial charge in [-0.05, 0) is 40.9 Å². The van der Waals surface area contributed by atoms with Crippen LogP contribution in [0.2, 0.25) is 0 Å². The van der Waals surface area contributed by atoms with Gasteiger partial charge in [0.25, 0.3) is 0 Å². The third-order valence-electron chi connectivity index (χ3n) is 3.04. The summed E-state index contributed by atoms with van der Waals surface area (Å²) in [5, 5.41) is 7.38. The minimum absolute atomic E-state index is 0.602. The van der Waals surface area contributed by atoms with Crippen LogP contribution in [0.5, 0.6) is 0 Å². The van der Waals surface area contributed by atoms with Crippen LogP contribution in [0.15, 0.2) is 15.9 Å². The summed E-state index contributed by atoms with van der Waals surface area (Å²) in [7, 11) is 0. The topological polar surface area (TPSA) is 41.6 Å². The van der Waals surface area contributed by atoms with Crippen LogP contribution in [-0.2, 0) is 0 Å². The number of halogens is 1. The smallest absolute Gasteiger partial charge is 0.191 e. The highest BCUT2D eigenvalue weighted by molar-refractivity contribution is 9.11. The lowest BCUT2D eigenvalue weighted by molar-refractivity contribution is 0.672. The van der Waals surface area contributed by atoms with Crippen LogP contribution in [0.4, 0.5) is 0 Å². The summed E-state index contributed by atoms with van der Waals surface area (Å²) < 4.78 is 1.12. The van der Waals surface area contributed by atoms with E-state index in [4.69, 9.17) is 0 Å². The Morgan fingerprint density at radius 3 is 2.81 bits per heavy atom. The summed E-state index contributed by atoms with van der Waals surface area (Å²) in [5.41, 5.74) is 0. The fourth-order valence-corrected chi connectivity index (χ4v) is 3.52. The highest BCUT2D eigenvalue weighted by Gasteiger charge is 2.21. The number of hydrogen-bond donors (Lipinski definition) is 1. The normalized spacial score (nSPS) is 17.1. The van der Waals surface area contributed by atoms with Gasteiger partial charge in [0.1, 0.15) is 5.82 Å². The Labute approximate surface area is 106 Å². The zero-order chi connectivity index (χ0) is 11.0. The highest BCUT2D eigenvalue weighted by atomic mass is 79.9. The maximum absolute atomic E-state index is 4.60. The summed E-state index contributed by atoms with van der Waals surface area (Å²) in [5.74, 6) is 2.50. The first-order valence-corrected chi connectivity index (χ1v) is 7.12. The first-order chi connectivity index (χ1) is 7.83. The van der Waals surface area contributed by atoms with Gasteiger partial charge in [-0.3, -0.25) is 5.10 Å². The fraction of sp³-hybridized carbons (Fsp3) is 0.455. The molecule has 1 saturated carbocycles. The molecule has 0 spiro atoms. The number of hydrogen-bond acceptors (Lipinski definition) is 3. The van der Waals surface area contributed by atoms with E-state index in [1.54, 1.807) is 11.3 Å². The average Bonchev–Trinajstić information content (AvgIpc) is 2.97. The molecule has 3 rings (SSSR count). The molecular weight excluding hydrogens is 286 g/mol. The summed E-state index contributed by atoms with van der Waals surface area (Å²) in [6.07, 6.45) is 5.15. The molecule has 0 amide bonds. The van der Waals surface area contributed by atoms with Gasteiger partial charge < -0.3 is 0 Å². The molecule has 0 atom stereocenters. The van der Waals surface area contributed by atoms with Gasteiger partial charge in [-0.15, -0.1) is 11.3 Å². The second kappa shape index (κ2) is 4.30. The van der Waals surface area contributed by atoms with E-state index in [1.807, 2.05) is 6.07 Å². The predicted octanol–water partition coefficient (Wildman–Crippen LogP) is 3.95. The Balaban J connectivity index is 1.87. The number of nitrogens with one attached hydrogen (secondary N) is 1. The first-order valence-electron chi connectivity index (χ1n) is 5.51. The van der Waals surface area contributed by atoms with Gasteiger partial charge in [0.15, 0.2) is 5.82 Å². The van der Waals surface area contributed by atoms with Crippen molar-refractivity contribution in [2.24, 2.45) is 0 Å². The van der Waals surface area contributed by atoms with Crippen molar-refractivity contribution in [3.63, 3.8) is 0 Å². The average molecular weight is 298 g/mol. The molecule has 0 saturated heterocycles. The number of H-pyrrole nitrogens is 1. The lowest BCUT2D eigenvalue weighted by Gasteiger charge is -2.01. The molecule has 0 unspecified atom stereocenters. The SMILES string of the molecule is Brc1ccc(-c2n[nH]c(C3CCCC3)n2)s1. The molecule has 0 aliphatic heterocycles. The molecular formula is C11H12BrN3S. The Kier molecular flexibility index (Phi) is 2.81. The van der Waals surface area contributed by atoms with Crippen molar-refractivity contribution in [3.8, 4) is 10.7 Å². The molecule has 1 aliphatic rings. The Morgan fingerprint density at radius 2 is 2.12 bits per heavy atom. The van der Waals surface area contributed by atoms with E-state index in [1.165, 1.54) is 25.7 Å². The third kappa shape index (κ3) is 1.94. The summed E-state index contributed by atoms with van der Waals surface area (Å²) in [4.78, 5) is 5.72. The second-order valence-corrected chi connectivity index (χ2v) is 6.59. The monoisotopic (exact) mass is 297 g/mol. The molecule has 0 aromatic carbocycles. The summed E-state index contributed by atoms with van der Waals surface area (Å²) in [6.45, 7) is 0. The highest BCUT2D eigenvalue weighted by Crippen LogP contribution is 2.34. The maximum Gasteiger partial charge on any atom is 0.191 e. The first kappa shape index (κ1) is 10.5. The molecule has 2 aromatic heterocycles. The van der Waals surface area contributed by atoms with Crippen LogP contribution >= 0.6 is 27.3 Å². The van der Waals surface area contributed by atoms with Crippen LogP contribution < -0.4 is 0 Å². The number of aromatic nitrogens is 3. The quantitative estimate of drug-likeness (QED) is 0.912. The van der Waals surface area contributed by atoms with Gasteiger partial charge in [-0.1, -0.05) is 12.8 Å². The van der Waals surface area contributed by atoms with E-state index in [-0.39, 0.29) is 0 Å². The number of aromatic amines is 1. The largest absolute Gasteiger partial charge is 0.262 e. The van der Waals surface area contributed by atoms with Crippen molar-refractivity contribution in [2.45, 2.75) is 31.6 Å². The zero-order valence-corrected chi connectivity index (χ0v) is 11.1. The van der Waals surface area contributed by atoms with Crippen molar-refractivity contribution in [3.05, 3.63) is 21.7 Å². The van der Waals surface area contributed by atoms with Crippen molar-refractivity contribution in [1.82, 2.24) is 15.2 Å². The summed E-state index contributed by atoms with van der Waals surface area (Å²) in [6, 6.07) is 4.09. The van der Waals surface area contributed by atoms with E-state index in [0.717, 1.165) is 20.3 Å². The molecule has 1 aliphatic carbocycles. The maximum atomic E-state index is 4.60. The second-order valence-electron chi connectivity index (χ2n) is 4.13.